The maximum atomic E-state index is 12.2. The average Bonchev–Trinajstić information content (AvgIpc) is 2.48. The molecule has 0 aliphatic rings. The Hall–Kier alpha value is -2.82. The molecular formula is C17H19N3O2. The third-order valence-corrected chi connectivity index (χ3v) is 3.31. The van der Waals surface area contributed by atoms with Crippen molar-refractivity contribution in [1.29, 1.82) is 0 Å². The molecule has 0 unspecified atom stereocenters. The Morgan fingerprint density at radius 3 is 2.32 bits per heavy atom. The molecule has 5 nitrogen and oxygen atoms in total. The molecule has 5 heteroatoms. The van der Waals surface area contributed by atoms with Gasteiger partial charge in [-0.05, 0) is 43.2 Å². The van der Waals surface area contributed by atoms with Crippen molar-refractivity contribution < 1.29 is 9.59 Å². The minimum Gasteiger partial charge on any atom is -0.352 e. The first-order chi connectivity index (χ1) is 10.5. The number of anilines is 1. The summed E-state index contributed by atoms with van der Waals surface area (Å²) in [6.45, 7) is 4.31. The maximum absolute atomic E-state index is 12.2. The number of amides is 3. The van der Waals surface area contributed by atoms with Crippen LogP contribution in [0.25, 0.3) is 0 Å². The van der Waals surface area contributed by atoms with Gasteiger partial charge in [-0.25, -0.2) is 4.79 Å². The quantitative estimate of drug-likeness (QED) is 0.810. The predicted molar refractivity (Wildman–Crippen MR) is 86.7 cm³/mol. The number of nitrogens with two attached hydrogens (primary N) is 1. The van der Waals surface area contributed by atoms with E-state index in [2.05, 4.69) is 10.6 Å². The van der Waals surface area contributed by atoms with Crippen LogP contribution in [0.5, 0.6) is 0 Å². The van der Waals surface area contributed by atoms with Crippen LogP contribution in [0.4, 0.5) is 10.5 Å². The van der Waals surface area contributed by atoms with Gasteiger partial charge in [0.25, 0.3) is 5.91 Å². The van der Waals surface area contributed by atoms with E-state index < -0.39 is 6.03 Å². The summed E-state index contributed by atoms with van der Waals surface area (Å²) in [6.07, 6.45) is 0. The third-order valence-electron chi connectivity index (χ3n) is 3.31. The third kappa shape index (κ3) is 4.09. The Bertz CT molecular complexity index is 694. The van der Waals surface area contributed by atoms with Crippen molar-refractivity contribution in [3.05, 3.63) is 64.7 Å². The summed E-state index contributed by atoms with van der Waals surface area (Å²) in [6, 6.07) is 12.3. The molecule has 4 N–H and O–H groups in total. The molecule has 0 spiro atoms. The first-order valence-corrected chi connectivity index (χ1v) is 6.96. The molecule has 0 aromatic heterocycles. The number of carbonyl (C=O) groups is 2. The second kappa shape index (κ2) is 6.76. The molecule has 0 saturated heterocycles. The summed E-state index contributed by atoms with van der Waals surface area (Å²) >= 11 is 0. The Morgan fingerprint density at radius 1 is 1.05 bits per heavy atom. The predicted octanol–water partition coefficient (Wildman–Crippen LogP) is 2.72. The summed E-state index contributed by atoms with van der Waals surface area (Å²) in [5.74, 6) is -0.165. The molecule has 0 aliphatic carbocycles. The lowest BCUT2D eigenvalue weighted by Gasteiger charge is -2.09. The van der Waals surface area contributed by atoms with Gasteiger partial charge in [0, 0.05) is 17.8 Å². The SMILES string of the molecule is Cc1ccc(NC(=O)c2ccc(CNC(N)=O)cc2)c(C)c1. The highest BCUT2D eigenvalue weighted by Crippen LogP contribution is 2.17. The van der Waals surface area contributed by atoms with E-state index in [0.29, 0.717) is 12.1 Å². The van der Waals surface area contributed by atoms with E-state index in [0.717, 1.165) is 22.4 Å². The van der Waals surface area contributed by atoms with Crippen molar-refractivity contribution >= 4 is 17.6 Å². The number of rotatable bonds is 4. The largest absolute Gasteiger partial charge is 0.352 e. The highest BCUT2D eigenvalue weighted by Gasteiger charge is 2.08. The minimum atomic E-state index is -0.573. The number of benzene rings is 2. The van der Waals surface area contributed by atoms with Gasteiger partial charge >= 0.3 is 6.03 Å². The van der Waals surface area contributed by atoms with E-state index >= 15 is 0 Å². The van der Waals surface area contributed by atoms with E-state index in [1.165, 1.54) is 0 Å². The van der Waals surface area contributed by atoms with Crippen LogP contribution >= 0.6 is 0 Å². The van der Waals surface area contributed by atoms with Crippen molar-refractivity contribution in [1.82, 2.24) is 5.32 Å². The number of urea groups is 1. The van der Waals surface area contributed by atoms with E-state index in [4.69, 9.17) is 5.73 Å². The highest BCUT2D eigenvalue weighted by molar-refractivity contribution is 6.04. The standard InChI is InChI=1S/C17H19N3O2/c1-11-3-8-15(12(2)9-11)20-16(21)14-6-4-13(5-7-14)10-19-17(18)22/h3-9H,10H2,1-2H3,(H,20,21)(H3,18,19,22). The normalized spacial score (nSPS) is 10.1. The van der Waals surface area contributed by atoms with Crippen molar-refractivity contribution in [3.8, 4) is 0 Å². The molecule has 2 aromatic rings. The molecular weight excluding hydrogens is 278 g/mol. The Balaban J connectivity index is 2.04. The summed E-state index contributed by atoms with van der Waals surface area (Å²) in [4.78, 5) is 22.9. The lowest BCUT2D eigenvalue weighted by Crippen LogP contribution is -2.28. The molecule has 2 rings (SSSR count). The fraction of sp³-hybridized carbons (Fsp3) is 0.176. The Kier molecular flexibility index (Phi) is 4.78. The van der Waals surface area contributed by atoms with Gasteiger partial charge in [-0.1, -0.05) is 29.8 Å². The summed E-state index contributed by atoms with van der Waals surface area (Å²) in [7, 11) is 0. The van der Waals surface area contributed by atoms with Crippen molar-refractivity contribution in [2.24, 2.45) is 5.73 Å². The van der Waals surface area contributed by atoms with Gasteiger partial charge in [-0.3, -0.25) is 4.79 Å². The van der Waals surface area contributed by atoms with E-state index in [1.807, 2.05) is 32.0 Å². The van der Waals surface area contributed by atoms with E-state index in [-0.39, 0.29) is 5.91 Å². The Labute approximate surface area is 129 Å². The number of carbonyl (C=O) groups excluding carboxylic acids is 2. The van der Waals surface area contributed by atoms with Crippen LogP contribution in [-0.2, 0) is 6.54 Å². The van der Waals surface area contributed by atoms with Crippen molar-refractivity contribution in [3.63, 3.8) is 0 Å². The van der Waals surface area contributed by atoms with Crippen LogP contribution in [0.2, 0.25) is 0 Å². The average molecular weight is 297 g/mol. The van der Waals surface area contributed by atoms with Gasteiger partial charge in [0.1, 0.15) is 0 Å². The molecule has 0 fully saturated rings. The second-order valence-corrected chi connectivity index (χ2v) is 5.19. The summed E-state index contributed by atoms with van der Waals surface area (Å²) in [5.41, 5.74) is 9.43. The first-order valence-electron chi connectivity index (χ1n) is 6.96. The minimum absolute atomic E-state index is 0.165. The van der Waals surface area contributed by atoms with E-state index in [1.54, 1.807) is 24.3 Å². The van der Waals surface area contributed by atoms with Crippen LogP contribution in [0.3, 0.4) is 0 Å². The smallest absolute Gasteiger partial charge is 0.312 e. The molecule has 0 saturated carbocycles. The molecule has 0 atom stereocenters. The molecule has 0 bridgehead atoms. The van der Waals surface area contributed by atoms with Crippen molar-refractivity contribution in [2.75, 3.05) is 5.32 Å². The van der Waals surface area contributed by atoms with Gasteiger partial charge in [-0.2, -0.15) is 0 Å². The number of primary amides is 1. The fourth-order valence-electron chi connectivity index (χ4n) is 2.11. The molecule has 0 heterocycles. The van der Waals surface area contributed by atoms with Gasteiger partial charge in [0.2, 0.25) is 0 Å². The van der Waals surface area contributed by atoms with Gasteiger partial charge in [-0.15, -0.1) is 0 Å². The van der Waals surface area contributed by atoms with Crippen LogP contribution in [0, 0.1) is 13.8 Å². The van der Waals surface area contributed by atoms with Gasteiger partial charge < -0.3 is 16.4 Å². The zero-order chi connectivity index (χ0) is 16.1. The van der Waals surface area contributed by atoms with Gasteiger partial charge in [0.05, 0.1) is 0 Å². The lowest BCUT2D eigenvalue weighted by atomic mass is 10.1. The zero-order valence-electron chi connectivity index (χ0n) is 12.6. The van der Waals surface area contributed by atoms with Crippen LogP contribution in [0.1, 0.15) is 27.0 Å². The molecule has 3 amide bonds. The Morgan fingerprint density at radius 2 is 1.73 bits per heavy atom. The second-order valence-electron chi connectivity index (χ2n) is 5.19. The number of hydrogen-bond donors (Lipinski definition) is 3. The highest BCUT2D eigenvalue weighted by atomic mass is 16.2. The zero-order valence-corrected chi connectivity index (χ0v) is 12.6. The van der Waals surface area contributed by atoms with Gasteiger partial charge in [0.15, 0.2) is 0 Å². The molecule has 0 radical (unpaired) electrons. The topological polar surface area (TPSA) is 84.2 Å². The summed E-state index contributed by atoms with van der Waals surface area (Å²) < 4.78 is 0. The van der Waals surface area contributed by atoms with E-state index in [9.17, 15) is 9.59 Å². The van der Waals surface area contributed by atoms with Crippen LogP contribution in [-0.4, -0.2) is 11.9 Å². The monoisotopic (exact) mass is 297 g/mol. The fourth-order valence-corrected chi connectivity index (χ4v) is 2.11. The molecule has 114 valence electrons. The van der Waals surface area contributed by atoms with Crippen LogP contribution in [0.15, 0.2) is 42.5 Å². The maximum Gasteiger partial charge on any atom is 0.312 e. The number of nitrogens with one attached hydrogen (secondary N) is 2. The van der Waals surface area contributed by atoms with Crippen LogP contribution < -0.4 is 16.4 Å². The molecule has 0 aliphatic heterocycles. The lowest BCUT2D eigenvalue weighted by molar-refractivity contribution is 0.102. The number of aryl methyl sites for hydroxylation is 2. The first kappa shape index (κ1) is 15.6. The van der Waals surface area contributed by atoms with Crippen molar-refractivity contribution in [2.45, 2.75) is 20.4 Å². The summed E-state index contributed by atoms with van der Waals surface area (Å²) in [5, 5.41) is 5.40. The molecule has 22 heavy (non-hydrogen) atoms. The number of hydrogen-bond acceptors (Lipinski definition) is 2. The molecule has 2 aromatic carbocycles.